The van der Waals surface area contributed by atoms with E-state index in [0.29, 0.717) is 11.3 Å². The van der Waals surface area contributed by atoms with Crippen molar-refractivity contribution in [2.24, 2.45) is 0 Å². The first-order valence-electron chi connectivity index (χ1n) is 4.27. The fraction of sp³-hybridized carbons (Fsp3) is 1.00. The van der Waals surface area contributed by atoms with Crippen LogP contribution in [0.1, 0.15) is 12.8 Å². The van der Waals surface area contributed by atoms with E-state index in [0.717, 1.165) is 6.54 Å². The summed E-state index contributed by atoms with van der Waals surface area (Å²) in [4.78, 5) is 0. The molecule has 72 valence electrons. The molecule has 1 unspecified atom stereocenters. The van der Waals surface area contributed by atoms with Crippen LogP contribution in [0.3, 0.4) is 0 Å². The molecule has 0 aromatic rings. The van der Waals surface area contributed by atoms with Gasteiger partial charge in [-0.3, -0.25) is 0 Å². The van der Waals surface area contributed by atoms with E-state index in [2.05, 4.69) is 11.6 Å². The van der Waals surface area contributed by atoms with E-state index < -0.39 is 6.10 Å². The Kier molecular flexibility index (Phi) is 3.83. The van der Waals surface area contributed by atoms with Crippen molar-refractivity contribution in [3.05, 3.63) is 0 Å². The highest BCUT2D eigenvalue weighted by molar-refractivity contribution is 8.00. The van der Waals surface area contributed by atoms with Crippen molar-refractivity contribution >= 4 is 11.8 Å². The van der Waals surface area contributed by atoms with Crippen LogP contribution in [-0.2, 0) is 0 Å². The minimum absolute atomic E-state index is 0.154. The predicted molar refractivity (Wildman–Crippen MR) is 51.4 cm³/mol. The second kappa shape index (κ2) is 4.46. The van der Waals surface area contributed by atoms with E-state index >= 15 is 0 Å². The molecule has 3 N–H and O–H groups in total. The topological polar surface area (TPSA) is 52.5 Å². The van der Waals surface area contributed by atoms with Gasteiger partial charge in [-0.15, -0.1) is 0 Å². The van der Waals surface area contributed by atoms with Gasteiger partial charge >= 0.3 is 0 Å². The summed E-state index contributed by atoms with van der Waals surface area (Å²) in [6, 6.07) is 0. The first-order valence-corrected chi connectivity index (χ1v) is 5.50. The first-order chi connectivity index (χ1) is 5.72. The maximum Gasteiger partial charge on any atom is 0.0894 e. The Morgan fingerprint density at radius 3 is 2.67 bits per heavy atom. The van der Waals surface area contributed by atoms with Crippen molar-refractivity contribution in [3.63, 3.8) is 0 Å². The van der Waals surface area contributed by atoms with Crippen LogP contribution in [0.25, 0.3) is 0 Å². The molecule has 1 fully saturated rings. The first kappa shape index (κ1) is 10.3. The van der Waals surface area contributed by atoms with Gasteiger partial charge in [0.25, 0.3) is 0 Å². The van der Waals surface area contributed by atoms with Crippen LogP contribution in [-0.4, -0.2) is 47.0 Å². The highest BCUT2D eigenvalue weighted by Crippen LogP contribution is 2.46. The van der Waals surface area contributed by atoms with Gasteiger partial charge in [-0.1, -0.05) is 0 Å². The van der Waals surface area contributed by atoms with Crippen molar-refractivity contribution < 1.29 is 10.2 Å². The van der Waals surface area contributed by atoms with Gasteiger partial charge in [-0.05, 0) is 19.1 Å². The Balaban J connectivity index is 2.02. The highest BCUT2D eigenvalue weighted by Gasteiger charge is 2.41. The van der Waals surface area contributed by atoms with Crippen LogP contribution in [0, 0.1) is 0 Å². The van der Waals surface area contributed by atoms with Crippen molar-refractivity contribution in [1.82, 2.24) is 5.32 Å². The van der Waals surface area contributed by atoms with Crippen molar-refractivity contribution in [1.29, 1.82) is 0 Å². The van der Waals surface area contributed by atoms with E-state index in [1.807, 2.05) is 11.8 Å². The van der Waals surface area contributed by atoms with Gasteiger partial charge in [0, 0.05) is 17.8 Å². The molecule has 1 rings (SSSR count). The number of aliphatic hydroxyl groups is 2. The van der Waals surface area contributed by atoms with Gasteiger partial charge in [0.15, 0.2) is 0 Å². The molecule has 0 bridgehead atoms. The summed E-state index contributed by atoms with van der Waals surface area (Å²) in [5, 5.41) is 20.7. The number of rotatable bonds is 6. The lowest BCUT2D eigenvalue weighted by Crippen LogP contribution is -2.34. The Hall–Kier alpha value is 0.230. The maximum atomic E-state index is 9.03. The lowest BCUT2D eigenvalue weighted by molar-refractivity contribution is 0.0945. The van der Waals surface area contributed by atoms with Gasteiger partial charge in [0.1, 0.15) is 0 Å². The van der Waals surface area contributed by atoms with E-state index in [9.17, 15) is 0 Å². The van der Waals surface area contributed by atoms with Crippen LogP contribution in [0.5, 0.6) is 0 Å². The highest BCUT2D eigenvalue weighted by atomic mass is 32.2. The van der Waals surface area contributed by atoms with E-state index in [4.69, 9.17) is 10.2 Å². The van der Waals surface area contributed by atoms with Crippen LogP contribution in [0.4, 0.5) is 0 Å². The molecule has 4 heteroatoms. The van der Waals surface area contributed by atoms with Crippen molar-refractivity contribution in [3.8, 4) is 0 Å². The minimum atomic E-state index is -0.609. The molecule has 0 aliphatic heterocycles. The fourth-order valence-corrected chi connectivity index (χ4v) is 1.88. The summed E-state index contributed by atoms with van der Waals surface area (Å²) in [7, 11) is 0. The standard InChI is InChI=1S/C8H17NO2S/c1-12-8(2-3-8)6-9-4-7(11)5-10/h7,9-11H,2-6H2,1H3. The zero-order valence-electron chi connectivity index (χ0n) is 7.42. The number of nitrogens with one attached hydrogen (secondary N) is 1. The largest absolute Gasteiger partial charge is 0.394 e. The summed E-state index contributed by atoms with van der Waals surface area (Å²) >= 11 is 1.89. The molecular weight excluding hydrogens is 174 g/mol. The van der Waals surface area contributed by atoms with Crippen LogP contribution >= 0.6 is 11.8 Å². The quantitative estimate of drug-likeness (QED) is 0.545. The van der Waals surface area contributed by atoms with Gasteiger partial charge in [0.05, 0.1) is 12.7 Å². The minimum Gasteiger partial charge on any atom is -0.394 e. The summed E-state index contributed by atoms with van der Waals surface area (Å²) in [6.45, 7) is 1.29. The normalized spacial score (nSPS) is 22.2. The molecule has 0 spiro atoms. The smallest absolute Gasteiger partial charge is 0.0894 e. The molecule has 1 aliphatic rings. The van der Waals surface area contributed by atoms with Crippen LogP contribution in [0.2, 0.25) is 0 Å². The van der Waals surface area contributed by atoms with Gasteiger partial charge in [-0.25, -0.2) is 0 Å². The summed E-state index contributed by atoms with van der Waals surface area (Å²) in [5.41, 5.74) is 0. The maximum absolute atomic E-state index is 9.03. The Bertz CT molecular complexity index is 139. The van der Waals surface area contributed by atoms with E-state index in [-0.39, 0.29) is 6.61 Å². The van der Waals surface area contributed by atoms with Crippen molar-refractivity contribution in [2.75, 3.05) is 26.0 Å². The molecule has 0 amide bonds. The van der Waals surface area contributed by atoms with Gasteiger partial charge in [0.2, 0.25) is 0 Å². The third-order valence-electron chi connectivity index (χ3n) is 2.28. The molecule has 0 heterocycles. The molecule has 0 aromatic carbocycles. The van der Waals surface area contributed by atoms with Crippen molar-refractivity contribution in [2.45, 2.75) is 23.7 Å². The molecule has 1 atom stereocenters. The second-order valence-electron chi connectivity index (χ2n) is 3.35. The predicted octanol–water partition coefficient (Wildman–Crippen LogP) is -0.175. The van der Waals surface area contributed by atoms with Gasteiger partial charge < -0.3 is 15.5 Å². The Morgan fingerprint density at radius 2 is 2.25 bits per heavy atom. The monoisotopic (exact) mass is 191 g/mol. The molecule has 0 saturated heterocycles. The molecule has 0 aromatic heterocycles. The third-order valence-corrected chi connectivity index (χ3v) is 3.70. The lowest BCUT2D eigenvalue weighted by atomic mass is 10.3. The number of hydrogen-bond donors (Lipinski definition) is 3. The van der Waals surface area contributed by atoms with Gasteiger partial charge in [-0.2, -0.15) is 11.8 Å². The zero-order chi connectivity index (χ0) is 9.03. The van der Waals surface area contributed by atoms with E-state index in [1.54, 1.807) is 0 Å². The summed E-state index contributed by atoms with van der Waals surface area (Å²) in [6.07, 6.45) is 4.06. The lowest BCUT2D eigenvalue weighted by Gasteiger charge is -2.14. The molecule has 0 radical (unpaired) electrons. The third kappa shape index (κ3) is 2.94. The molecule has 1 saturated carbocycles. The molecule has 12 heavy (non-hydrogen) atoms. The fourth-order valence-electron chi connectivity index (χ4n) is 1.12. The van der Waals surface area contributed by atoms with Crippen LogP contribution in [0.15, 0.2) is 0 Å². The number of hydrogen-bond acceptors (Lipinski definition) is 4. The average Bonchev–Trinajstić information content (AvgIpc) is 2.85. The Morgan fingerprint density at radius 1 is 1.58 bits per heavy atom. The molecular formula is C8H17NO2S. The number of aliphatic hydroxyl groups excluding tert-OH is 2. The summed E-state index contributed by atoms with van der Waals surface area (Å²) in [5.74, 6) is 0. The zero-order valence-corrected chi connectivity index (χ0v) is 8.23. The van der Waals surface area contributed by atoms with E-state index in [1.165, 1.54) is 12.8 Å². The van der Waals surface area contributed by atoms with Crippen LogP contribution < -0.4 is 5.32 Å². The Labute approximate surface area is 77.5 Å². The second-order valence-corrected chi connectivity index (χ2v) is 4.63. The number of thioether (sulfide) groups is 1. The SMILES string of the molecule is CSC1(CNCC(O)CO)CC1. The summed E-state index contributed by atoms with van der Waals surface area (Å²) < 4.78 is 0.440. The molecule has 3 nitrogen and oxygen atoms in total. The average molecular weight is 191 g/mol. The molecule has 1 aliphatic carbocycles.